The van der Waals surface area contributed by atoms with Gasteiger partial charge in [-0.05, 0) is 108 Å². The second-order valence-corrected chi connectivity index (χ2v) is 23.8. The fourth-order valence-electron chi connectivity index (χ4n) is 11.5. The van der Waals surface area contributed by atoms with Gasteiger partial charge in [0.2, 0.25) is 17.7 Å². The summed E-state index contributed by atoms with van der Waals surface area (Å²) in [7, 11) is 0. The van der Waals surface area contributed by atoms with E-state index in [2.05, 4.69) is 50.6 Å². The Morgan fingerprint density at radius 2 is 0.671 bits per heavy atom. The molecular formula is C63H117MgN3O9. The van der Waals surface area contributed by atoms with E-state index >= 15 is 0 Å². The van der Waals surface area contributed by atoms with Crippen molar-refractivity contribution in [1.29, 1.82) is 0 Å². The summed E-state index contributed by atoms with van der Waals surface area (Å²) < 4.78 is 0. The van der Waals surface area contributed by atoms with Gasteiger partial charge < -0.3 is 46.0 Å². The van der Waals surface area contributed by atoms with Crippen LogP contribution in [0.4, 0.5) is 0 Å². The predicted octanol–water partition coefficient (Wildman–Crippen LogP) is 12.0. The van der Waals surface area contributed by atoms with Crippen LogP contribution >= 0.6 is 0 Å². The molecule has 0 bridgehead atoms. The third-order valence-electron chi connectivity index (χ3n) is 16.7. The van der Waals surface area contributed by atoms with Gasteiger partial charge in [-0.2, -0.15) is 0 Å². The minimum absolute atomic E-state index is 0. The molecule has 0 aromatic carbocycles. The molecule has 12 nitrogen and oxygen atoms in total. The van der Waals surface area contributed by atoms with Crippen molar-refractivity contribution in [3.63, 3.8) is 0 Å². The van der Waals surface area contributed by atoms with Crippen molar-refractivity contribution in [1.82, 2.24) is 16.0 Å². The van der Waals surface area contributed by atoms with Crippen LogP contribution in [0.5, 0.6) is 0 Å². The first-order valence-electron chi connectivity index (χ1n) is 31.8. The van der Waals surface area contributed by atoms with Gasteiger partial charge in [0.15, 0.2) is 0 Å². The number of aliphatic hydroxyl groups excluding tert-OH is 2. The maximum atomic E-state index is 13.3. The molecule has 3 aliphatic rings. The molecule has 0 aliphatic heterocycles. The molecule has 0 aromatic rings. The number of aliphatic hydroxyl groups is 2. The first kappa shape index (κ1) is 74.0. The first-order chi connectivity index (χ1) is 36.2. The molecule has 3 saturated carbocycles. The molecule has 0 heterocycles. The molecule has 0 radical (unpaired) electrons. The van der Waals surface area contributed by atoms with Crippen molar-refractivity contribution in [2.75, 3.05) is 0 Å². The maximum Gasteiger partial charge on any atom is 2.00 e. The quantitative estimate of drug-likeness (QED) is 0.0292. The molecular weight excluding hydrogens is 967 g/mol. The van der Waals surface area contributed by atoms with Crippen molar-refractivity contribution in [3.8, 4) is 0 Å². The minimum Gasteiger partial charge on any atom is -0.550 e. The van der Waals surface area contributed by atoms with E-state index in [1.165, 1.54) is 122 Å². The van der Waals surface area contributed by atoms with E-state index in [4.69, 9.17) is 0 Å². The number of amides is 3. The summed E-state index contributed by atoms with van der Waals surface area (Å²) in [6.45, 7) is 11.0. The molecule has 5 N–H and O–H groups in total. The Hall–Kier alpha value is -1.96. The number of carbonyl (C=O) groups excluding carboxylic acids is 5. The van der Waals surface area contributed by atoms with Crippen LogP contribution in [0.15, 0.2) is 0 Å². The number of hydrogen-bond acceptors (Lipinski definition) is 9. The molecule has 3 fully saturated rings. The van der Waals surface area contributed by atoms with Gasteiger partial charge in [0.05, 0.1) is 18.1 Å². The van der Waals surface area contributed by atoms with Crippen LogP contribution in [0.25, 0.3) is 0 Å². The van der Waals surface area contributed by atoms with Gasteiger partial charge in [-0.15, -0.1) is 0 Å². The van der Waals surface area contributed by atoms with E-state index in [9.17, 15) is 44.4 Å². The first-order valence-corrected chi connectivity index (χ1v) is 31.8. The maximum absolute atomic E-state index is 13.3. The van der Waals surface area contributed by atoms with E-state index in [-0.39, 0.29) is 96.8 Å². The summed E-state index contributed by atoms with van der Waals surface area (Å²) in [6, 6.07) is 0.520. The number of unbranched alkanes of at least 4 members (excludes halogenated alkanes) is 20. The van der Waals surface area contributed by atoms with Crippen LogP contribution < -0.4 is 26.2 Å². The smallest absolute Gasteiger partial charge is 0.550 e. The van der Waals surface area contributed by atoms with Crippen molar-refractivity contribution in [2.24, 2.45) is 23.7 Å². The third kappa shape index (κ3) is 42.0. The number of hydrogen-bond donors (Lipinski definition) is 5. The Bertz CT molecular complexity index is 1350. The fraction of sp³-hybridized carbons (Fsp3) is 0.921. The monoisotopic (exact) mass is 1080 g/mol. The SMILES string of the molecule is CC1CCCCC1NC(=O)CC(CC(=O)NC1CCCCC1C)C(=O)NC1CCCCC1C.CCCCCCC(O)CCCCCCCCCCC(=O)[O-].CCCCCCC(O)CCCCCCCCCCC(=O)[O-].[Mg+2]. The molecule has 0 spiro atoms. The molecule has 0 saturated heterocycles. The number of nitrogens with one attached hydrogen (secondary N) is 3. The zero-order chi connectivity index (χ0) is 55.3. The Kier molecular flexibility index (Phi) is 48.7. The van der Waals surface area contributed by atoms with Gasteiger partial charge in [-0.25, -0.2) is 0 Å². The fourth-order valence-corrected chi connectivity index (χ4v) is 11.5. The number of carbonyl (C=O) groups is 5. The van der Waals surface area contributed by atoms with Crippen molar-refractivity contribution < 1.29 is 44.4 Å². The van der Waals surface area contributed by atoms with Gasteiger partial charge in [-0.1, -0.05) is 214 Å². The van der Waals surface area contributed by atoms with Gasteiger partial charge >= 0.3 is 23.1 Å². The summed E-state index contributed by atoms with van der Waals surface area (Å²) in [6.07, 6.45) is 45.5. The van der Waals surface area contributed by atoms with Crippen LogP contribution in [-0.4, -0.2) is 93.3 Å². The number of aliphatic carboxylic acids is 2. The molecule has 13 heteroatoms. The van der Waals surface area contributed by atoms with E-state index in [0.29, 0.717) is 17.8 Å². The summed E-state index contributed by atoms with van der Waals surface area (Å²) in [4.78, 5) is 59.6. The average Bonchev–Trinajstić information content (AvgIpc) is 3.37. The van der Waals surface area contributed by atoms with E-state index in [1.54, 1.807) is 0 Å². The van der Waals surface area contributed by atoms with Crippen LogP contribution in [-0.2, 0) is 24.0 Å². The van der Waals surface area contributed by atoms with Crippen molar-refractivity contribution in [3.05, 3.63) is 0 Å². The molecule has 8 atom stereocenters. The van der Waals surface area contributed by atoms with Crippen LogP contribution in [0.3, 0.4) is 0 Å². The Balaban J connectivity index is 0.00000116. The van der Waals surface area contributed by atoms with Crippen LogP contribution in [0.2, 0.25) is 0 Å². The standard InChI is InChI=1S/C27H47N3O3.2C18H36O3.Mg/c1-18-10-4-7-13-22(18)28-25(31)16-21(27(33)30-24-15-9-6-12-20(24)3)17-26(32)29-23-14-8-5-11-19(23)2;2*1-2-3-4-11-14-17(19)15-12-9-7-5-6-8-10-13-16-18(20)21;/h18-24H,4-17H2,1-3H3,(H,28,31)(H,29,32)(H,30,33);2*17,19H,2-16H2,1H3,(H,20,21);/q;;;+2/p-2. The second-order valence-electron chi connectivity index (χ2n) is 23.8. The Labute approximate surface area is 481 Å². The molecule has 8 unspecified atom stereocenters. The summed E-state index contributed by atoms with van der Waals surface area (Å²) in [5.74, 6) is -1.41. The normalized spacial score (nSPS) is 21.5. The zero-order valence-electron chi connectivity index (χ0n) is 49.8. The van der Waals surface area contributed by atoms with Crippen molar-refractivity contribution in [2.45, 2.75) is 347 Å². The summed E-state index contributed by atoms with van der Waals surface area (Å²) >= 11 is 0. The van der Waals surface area contributed by atoms with Crippen molar-refractivity contribution >= 4 is 52.7 Å². The molecule has 3 amide bonds. The Morgan fingerprint density at radius 1 is 0.408 bits per heavy atom. The second kappa shape index (κ2) is 50.0. The van der Waals surface area contributed by atoms with Gasteiger partial charge in [0, 0.05) is 42.9 Å². The summed E-state index contributed by atoms with van der Waals surface area (Å²) in [5.41, 5.74) is 0. The van der Waals surface area contributed by atoms with Gasteiger partial charge in [-0.3, -0.25) is 14.4 Å². The van der Waals surface area contributed by atoms with E-state index in [1.807, 2.05) is 0 Å². The molecule has 76 heavy (non-hydrogen) atoms. The number of carboxylic acid groups (broad SMARTS) is 2. The minimum atomic E-state index is -0.928. The number of rotatable bonds is 40. The van der Waals surface area contributed by atoms with Crippen LogP contribution in [0.1, 0.15) is 317 Å². The largest absolute Gasteiger partial charge is 2.00 e. The molecule has 3 rings (SSSR count). The average molecular weight is 1080 g/mol. The van der Waals surface area contributed by atoms with Crippen LogP contribution in [0, 0.1) is 23.7 Å². The van der Waals surface area contributed by atoms with Gasteiger partial charge in [0.25, 0.3) is 0 Å². The Morgan fingerprint density at radius 3 is 0.961 bits per heavy atom. The van der Waals surface area contributed by atoms with Gasteiger partial charge in [0.1, 0.15) is 0 Å². The van der Waals surface area contributed by atoms with E-state index in [0.717, 1.165) is 135 Å². The van der Waals surface area contributed by atoms with E-state index < -0.39 is 17.9 Å². The number of carboxylic acids is 2. The predicted molar refractivity (Wildman–Crippen MR) is 309 cm³/mol. The third-order valence-corrected chi connectivity index (χ3v) is 16.7. The zero-order valence-corrected chi connectivity index (χ0v) is 51.2. The molecule has 440 valence electrons. The molecule has 3 aliphatic carbocycles. The molecule has 0 aromatic heterocycles. The topological polar surface area (TPSA) is 208 Å². The summed E-state index contributed by atoms with van der Waals surface area (Å²) in [5, 5.41) is 49.7.